The third-order valence-corrected chi connectivity index (χ3v) is 2.54. The maximum Gasteiger partial charge on any atom is 0.212 e. The van der Waals surface area contributed by atoms with E-state index in [0.29, 0.717) is 18.1 Å². The van der Waals surface area contributed by atoms with Crippen molar-refractivity contribution in [1.29, 1.82) is 0 Å². The average Bonchev–Trinajstić information content (AvgIpc) is 2.44. The van der Waals surface area contributed by atoms with Crippen molar-refractivity contribution in [3.05, 3.63) is 42.0 Å². The zero-order valence-electron chi connectivity index (χ0n) is 10.9. The number of rotatable bonds is 5. The van der Waals surface area contributed by atoms with E-state index in [1.54, 1.807) is 32.4 Å². The SMILES string of the molecule is [B]c1cccc(OCc2cc(OC)cc(OC)c2)n1. The topological polar surface area (TPSA) is 40.6 Å². The van der Waals surface area contributed by atoms with Crippen molar-refractivity contribution in [3.63, 3.8) is 0 Å². The molecule has 0 aliphatic heterocycles. The average molecular weight is 255 g/mol. The van der Waals surface area contributed by atoms with E-state index in [4.69, 9.17) is 22.1 Å². The van der Waals surface area contributed by atoms with Crippen molar-refractivity contribution < 1.29 is 14.2 Å². The summed E-state index contributed by atoms with van der Waals surface area (Å²) in [5.41, 5.74) is 1.36. The minimum Gasteiger partial charge on any atom is -0.497 e. The number of ether oxygens (including phenoxy) is 3. The number of aromatic nitrogens is 1. The molecule has 2 aromatic rings. The van der Waals surface area contributed by atoms with Crippen LogP contribution >= 0.6 is 0 Å². The Balaban J connectivity index is 2.10. The first-order valence-corrected chi connectivity index (χ1v) is 5.78. The molecular formula is C14H14BNO3. The van der Waals surface area contributed by atoms with Gasteiger partial charge in [0.15, 0.2) is 0 Å². The molecule has 0 amide bonds. The van der Waals surface area contributed by atoms with Crippen LogP contribution in [0.5, 0.6) is 17.4 Å². The molecule has 0 N–H and O–H groups in total. The molecular weight excluding hydrogens is 241 g/mol. The quantitative estimate of drug-likeness (QED) is 0.758. The summed E-state index contributed by atoms with van der Waals surface area (Å²) in [5, 5.41) is 0. The molecule has 4 nitrogen and oxygen atoms in total. The van der Waals surface area contributed by atoms with Gasteiger partial charge < -0.3 is 14.2 Å². The number of hydrogen-bond donors (Lipinski definition) is 0. The highest BCUT2D eigenvalue weighted by atomic mass is 16.5. The molecule has 1 heterocycles. The minimum absolute atomic E-state index is 0.365. The Bertz CT molecular complexity index is 538. The zero-order valence-corrected chi connectivity index (χ0v) is 10.9. The summed E-state index contributed by atoms with van der Waals surface area (Å²) in [5.74, 6) is 1.93. The van der Waals surface area contributed by atoms with Gasteiger partial charge >= 0.3 is 0 Å². The molecule has 96 valence electrons. The van der Waals surface area contributed by atoms with Gasteiger partial charge in [0.05, 0.1) is 14.2 Å². The smallest absolute Gasteiger partial charge is 0.212 e. The van der Waals surface area contributed by atoms with Crippen LogP contribution in [-0.4, -0.2) is 27.0 Å². The van der Waals surface area contributed by atoms with Crippen molar-refractivity contribution in [2.45, 2.75) is 6.61 Å². The molecule has 0 unspecified atom stereocenters. The van der Waals surface area contributed by atoms with Crippen LogP contribution in [-0.2, 0) is 6.61 Å². The van der Waals surface area contributed by atoms with E-state index in [9.17, 15) is 0 Å². The summed E-state index contributed by atoms with van der Waals surface area (Å²) in [6, 6.07) is 10.8. The van der Waals surface area contributed by atoms with Crippen LogP contribution in [0.2, 0.25) is 0 Å². The van der Waals surface area contributed by atoms with Crippen molar-refractivity contribution >= 4 is 13.4 Å². The predicted molar refractivity (Wildman–Crippen MR) is 73.5 cm³/mol. The van der Waals surface area contributed by atoms with E-state index >= 15 is 0 Å². The van der Waals surface area contributed by atoms with Crippen molar-refractivity contribution in [2.24, 2.45) is 0 Å². The first kappa shape index (κ1) is 13.3. The lowest BCUT2D eigenvalue weighted by atomic mass is 10.0. The summed E-state index contributed by atoms with van der Waals surface area (Å²) in [6.07, 6.45) is 0. The van der Waals surface area contributed by atoms with E-state index in [1.165, 1.54) is 0 Å². The fourth-order valence-electron chi connectivity index (χ4n) is 1.62. The van der Waals surface area contributed by atoms with Crippen LogP contribution in [0.3, 0.4) is 0 Å². The Hall–Kier alpha value is -2.17. The van der Waals surface area contributed by atoms with Crippen LogP contribution in [0.4, 0.5) is 0 Å². The van der Waals surface area contributed by atoms with Gasteiger partial charge in [-0.25, -0.2) is 4.98 Å². The molecule has 1 aromatic carbocycles. The van der Waals surface area contributed by atoms with E-state index < -0.39 is 0 Å². The lowest BCUT2D eigenvalue weighted by molar-refractivity contribution is 0.292. The molecule has 0 saturated heterocycles. The zero-order chi connectivity index (χ0) is 13.7. The molecule has 2 radical (unpaired) electrons. The molecule has 0 fully saturated rings. The van der Waals surface area contributed by atoms with Crippen LogP contribution in [0.25, 0.3) is 0 Å². The second-order valence-corrected chi connectivity index (χ2v) is 3.91. The highest BCUT2D eigenvalue weighted by Gasteiger charge is 2.03. The largest absolute Gasteiger partial charge is 0.497 e. The Morgan fingerprint density at radius 2 is 1.74 bits per heavy atom. The normalized spacial score (nSPS) is 10.0. The molecule has 0 aliphatic carbocycles. The lowest BCUT2D eigenvalue weighted by Gasteiger charge is -2.09. The van der Waals surface area contributed by atoms with Crippen LogP contribution in [0.1, 0.15) is 5.56 Å². The van der Waals surface area contributed by atoms with Gasteiger partial charge in [0.1, 0.15) is 26.0 Å². The highest BCUT2D eigenvalue weighted by Crippen LogP contribution is 2.23. The summed E-state index contributed by atoms with van der Waals surface area (Å²) >= 11 is 0. The highest BCUT2D eigenvalue weighted by molar-refractivity contribution is 6.30. The Morgan fingerprint density at radius 1 is 1.05 bits per heavy atom. The van der Waals surface area contributed by atoms with E-state index in [2.05, 4.69) is 4.98 Å². The fourth-order valence-corrected chi connectivity index (χ4v) is 1.62. The minimum atomic E-state index is 0.365. The maximum absolute atomic E-state index is 5.59. The molecule has 0 atom stereocenters. The summed E-state index contributed by atoms with van der Waals surface area (Å²) in [7, 11) is 8.81. The van der Waals surface area contributed by atoms with Crippen molar-refractivity contribution in [2.75, 3.05) is 14.2 Å². The summed E-state index contributed by atoms with van der Waals surface area (Å²) < 4.78 is 16.0. The third kappa shape index (κ3) is 3.65. The second kappa shape index (κ2) is 6.13. The van der Waals surface area contributed by atoms with Gasteiger partial charge in [-0.3, -0.25) is 0 Å². The van der Waals surface area contributed by atoms with Gasteiger partial charge in [-0.05, 0) is 23.3 Å². The van der Waals surface area contributed by atoms with Gasteiger partial charge in [-0.1, -0.05) is 12.1 Å². The third-order valence-electron chi connectivity index (χ3n) is 2.54. The first-order valence-electron chi connectivity index (χ1n) is 5.78. The maximum atomic E-state index is 5.59. The Labute approximate surface area is 113 Å². The van der Waals surface area contributed by atoms with Crippen LogP contribution in [0, 0.1) is 0 Å². The molecule has 0 aliphatic rings. The van der Waals surface area contributed by atoms with Crippen molar-refractivity contribution in [3.8, 4) is 17.4 Å². The monoisotopic (exact) mass is 255 g/mol. The Morgan fingerprint density at radius 3 is 2.32 bits per heavy atom. The molecule has 0 bridgehead atoms. The van der Waals surface area contributed by atoms with Gasteiger partial charge in [0, 0.05) is 12.1 Å². The molecule has 1 aromatic heterocycles. The second-order valence-electron chi connectivity index (χ2n) is 3.91. The number of nitrogens with zero attached hydrogens (tertiary/aromatic N) is 1. The van der Waals surface area contributed by atoms with E-state index in [-0.39, 0.29) is 0 Å². The molecule has 5 heteroatoms. The van der Waals surface area contributed by atoms with Crippen LogP contribution in [0.15, 0.2) is 36.4 Å². The van der Waals surface area contributed by atoms with Crippen molar-refractivity contribution in [1.82, 2.24) is 4.98 Å². The number of hydrogen-bond acceptors (Lipinski definition) is 4. The standard InChI is InChI=1S/C14H14BNO3/c1-17-11-6-10(7-12(8-11)18-2)9-19-14-5-3-4-13(15)16-14/h3-8H,9H2,1-2H3. The molecule has 19 heavy (non-hydrogen) atoms. The summed E-state index contributed by atoms with van der Waals surface area (Å²) in [6.45, 7) is 0.365. The molecule has 0 spiro atoms. The number of benzene rings is 1. The summed E-state index contributed by atoms with van der Waals surface area (Å²) in [4.78, 5) is 4.07. The van der Waals surface area contributed by atoms with Gasteiger partial charge in [0.2, 0.25) is 5.88 Å². The number of pyridine rings is 1. The first-order chi connectivity index (χ1) is 9.21. The molecule has 0 saturated carbocycles. The lowest BCUT2D eigenvalue weighted by Crippen LogP contribution is -2.09. The van der Waals surface area contributed by atoms with E-state index in [1.807, 2.05) is 18.2 Å². The van der Waals surface area contributed by atoms with Crippen LogP contribution < -0.4 is 19.8 Å². The van der Waals surface area contributed by atoms with Gasteiger partial charge in [-0.15, -0.1) is 0 Å². The molecule has 2 rings (SSSR count). The van der Waals surface area contributed by atoms with Gasteiger partial charge in [0.25, 0.3) is 0 Å². The fraction of sp³-hybridized carbons (Fsp3) is 0.214. The van der Waals surface area contributed by atoms with E-state index in [0.717, 1.165) is 17.1 Å². The number of methoxy groups -OCH3 is 2. The predicted octanol–water partition coefficient (Wildman–Crippen LogP) is 1.47. The van der Waals surface area contributed by atoms with Gasteiger partial charge in [-0.2, -0.15) is 0 Å². The Kier molecular flexibility index (Phi) is 4.28.